The SMILES string of the molecule is CCOc1ccccc1C[NH+]1CCC(C(=O)NCCC(C)C)CC1. The first-order valence-corrected chi connectivity index (χ1v) is 9.42. The number of nitrogens with one attached hydrogen (secondary N) is 2. The quantitative estimate of drug-likeness (QED) is 0.764. The monoisotopic (exact) mass is 333 g/mol. The van der Waals surface area contributed by atoms with Crippen LogP contribution in [0.3, 0.4) is 0 Å². The normalized spacial score (nSPS) is 20.8. The average Bonchev–Trinajstić information content (AvgIpc) is 2.57. The van der Waals surface area contributed by atoms with E-state index in [-0.39, 0.29) is 11.8 Å². The first-order valence-electron chi connectivity index (χ1n) is 9.42. The molecular weight excluding hydrogens is 300 g/mol. The number of likely N-dealkylation sites (tertiary alicyclic amines) is 1. The van der Waals surface area contributed by atoms with Gasteiger partial charge in [-0.1, -0.05) is 26.0 Å². The smallest absolute Gasteiger partial charge is 0.223 e. The molecule has 1 aliphatic heterocycles. The van der Waals surface area contributed by atoms with Crippen molar-refractivity contribution in [2.75, 3.05) is 26.2 Å². The second kappa shape index (κ2) is 9.67. The summed E-state index contributed by atoms with van der Waals surface area (Å²) in [5.74, 6) is 2.09. The zero-order chi connectivity index (χ0) is 17.4. The third-order valence-corrected chi connectivity index (χ3v) is 4.80. The molecule has 1 aromatic carbocycles. The minimum Gasteiger partial charge on any atom is -0.493 e. The Hall–Kier alpha value is -1.55. The Kier molecular flexibility index (Phi) is 7.57. The molecule has 1 aliphatic rings. The van der Waals surface area contributed by atoms with E-state index >= 15 is 0 Å². The molecule has 0 spiro atoms. The van der Waals surface area contributed by atoms with Crippen LogP contribution in [0.4, 0.5) is 0 Å². The zero-order valence-electron chi connectivity index (χ0n) is 15.4. The molecule has 1 heterocycles. The van der Waals surface area contributed by atoms with Gasteiger partial charge in [0.05, 0.1) is 19.7 Å². The highest BCUT2D eigenvalue weighted by molar-refractivity contribution is 5.78. The molecule has 0 unspecified atom stereocenters. The van der Waals surface area contributed by atoms with Crippen LogP contribution >= 0.6 is 0 Å². The number of rotatable bonds is 8. The Labute approximate surface area is 146 Å². The molecule has 2 N–H and O–H groups in total. The highest BCUT2D eigenvalue weighted by Crippen LogP contribution is 2.17. The van der Waals surface area contributed by atoms with Crippen molar-refractivity contribution < 1.29 is 14.4 Å². The van der Waals surface area contributed by atoms with Crippen LogP contribution in [0.2, 0.25) is 0 Å². The van der Waals surface area contributed by atoms with E-state index in [1.807, 2.05) is 19.1 Å². The van der Waals surface area contributed by atoms with Gasteiger partial charge in [-0.25, -0.2) is 0 Å². The lowest BCUT2D eigenvalue weighted by Gasteiger charge is -2.29. The number of para-hydroxylation sites is 1. The summed E-state index contributed by atoms with van der Waals surface area (Å²) in [6, 6.07) is 8.31. The van der Waals surface area contributed by atoms with E-state index in [1.165, 1.54) is 5.56 Å². The Bertz CT molecular complexity index is 508. The molecule has 1 fully saturated rings. The van der Waals surface area contributed by atoms with Gasteiger partial charge < -0.3 is 15.0 Å². The first kappa shape index (κ1) is 18.8. The zero-order valence-corrected chi connectivity index (χ0v) is 15.4. The van der Waals surface area contributed by atoms with Gasteiger partial charge in [-0.3, -0.25) is 4.79 Å². The van der Waals surface area contributed by atoms with Crippen LogP contribution in [0.5, 0.6) is 5.75 Å². The number of ether oxygens (including phenoxy) is 1. The summed E-state index contributed by atoms with van der Waals surface area (Å²) in [5.41, 5.74) is 1.27. The number of amides is 1. The average molecular weight is 333 g/mol. The van der Waals surface area contributed by atoms with E-state index in [4.69, 9.17) is 4.74 Å². The molecule has 1 amide bonds. The molecule has 0 saturated carbocycles. The number of piperidine rings is 1. The minimum atomic E-state index is 0.197. The Balaban J connectivity index is 1.77. The van der Waals surface area contributed by atoms with E-state index < -0.39 is 0 Å². The summed E-state index contributed by atoms with van der Waals surface area (Å²) >= 11 is 0. The van der Waals surface area contributed by atoms with Gasteiger partial charge in [-0.2, -0.15) is 0 Å². The largest absolute Gasteiger partial charge is 0.493 e. The second-order valence-corrected chi connectivity index (χ2v) is 7.22. The molecule has 0 aliphatic carbocycles. The van der Waals surface area contributed by atoms with Crippen LogP contribution in [0, 0.1) is 11.8 Å². The van der Waals surface area contributed by atoms with Crippen LogP contribution in [0.1, 0.15) is 45.6 Å². The molecule has 0 atom stereocenters. The van der Waals surface area contributed by atoms with Crippen molar-refractivity contribution in [1.82, 2.24) is 5.32 Å². The summed E-state index contributed by atoms with van der Waals surface area (Å²) in [5, 5.41) is 3.11. The van der Waals surface area contributed by atoms with Crippen molar-refractivity contribution in [3.05, 3.63) is 29.8 Å². The van der Waals surface area contributed by atoms with Crippen LogP contribution in [0.15, 0.2) is 24.3 Å². The molecule has 0 bridgehead atoms. The van der Waals surface area contributed by atoms with E-state index in [0.29, 0.717) is 12.5 Å². The minimum absolute atomic E-state index is 0.197. The number of benzene rings is 1. The maximum absolute atomic E-state index is 12.2. The number of quaternary nitrogens is 1. The molecule has 4 nitrogen and oxygen atoms in total. The highest BCUT2D eigenvalue weighted by atomic mass is 16.5. The van der Waals surface area contributed by atoms with Crippen molar-refractivity contribution in [3.8, 4) is 5.75 Å². The summed E-state index contributed by atoms with van der Waals surface area (Å²) in [7, 11) is 0. The number of hydrogen-bond acceptors (Lipinski definition) is 2. The predicted molar refractivity (Wildman–Crippen MR) is 97.2 cm³/mol. The lowest BCUT2D eigenvalue weighted by molar-refractivity contribution is -0.919. The van der Waals surface area contributed by atoms with Gasteiger partial charge in [0.15, 0.2) is 0 Å². The maximum atomic E-state index is 12.2. The topological polar surface area (TPSA) is 42.8 Å². The standard InChI is InChI=1S/C20H32N2O2/c1-4-24-19-8-6-5-7-18(19)15-22-13-10-17(11-14-22)20(23)21-12-9-16(2)3/h5-8,16-17H,4,9-15H2,1-3H3,(H,21,23)/p+1. The van der Waals surface area contributed by atoms with Crippen molar-refractivity contribution in [2.24, 2.45) is 11.8 Å². The highest BCUT2D eigenvalue weighted by Gasteiger charge is 2.27. The molecule has 0 aromatic heterocycles. The third-order valence-electron chi connectivity index (χ3n) is 4.80. The number of carbonyl (C=O) groups is 1. The lowest BCUT2D eigenvalue weighted by Crippen LogP contribution is -3.11. The van der Waals surface area contributed by atoms with E-state index in [9.17, 15) is 4.79 Å². The molecule has 134 valence electrons. The van der Waals surface area contributed by atoms with Crippen LogP contribution in [-0.4, -0.2) is 32.1 Å². The Morgan fingerprint density at radius 3 is 2.67 bits per heavy atom. The van der Waals surface area contributed by atoms with Crippen molar-refractivity contribution in [3.63, 3.8) is 0 Å². The van der Waals surface area contributed by atoms with E-state index in [0.717, 1.165) is 51.2 Å². The molecule has 24 heavy (non-hydrogen) atoms. The number of carbonyl (C=O) groups excluding carboxylic acids is 1. The summed E-state index contributed by atoms with van der Waals surface area (Å²) in [6.45, 7) is 11.0. The van der Waals surface area contributed by atoms with Gasteiger partial charge in [0, 0.05) is 30.9 Å². The second-order valence-electron chi connectivity index (χ2n) is 7.22. The third kappa shape index (κ3) is 5.82. The van der Waals surface area contributed by atoms with Gasteiger partial charge in [0.25, 0.3) is 0 Å². The molecule has 0 radical (unpaired) electrons. The van der Waals surface area contributed by atoms with Crippen LogP contribution < -0.4 is 15.0 Å². The van der Waals surface area contributed by atoms with Crippen molar-refractivity contribution in [1.29, 1.82) is 0 Å². The summed E-state index contributed by atoms with van der Waals surface area (Å²) in [4.78, 5) is 13.8. The first-order chi connectivity index (χ1) is 11.6. The van der Waals surface area contributed by atoms with Gasteiger partial charge in [-0.15, -0.1) is 0 Å². The fraction of sp³-hybridized carbons (Fsp3) is 0.650. The fourth-order valence-corrected chi connectivity index (χ4v) is 3.31. The van der Waals surface area contributed by atoms with Crippen LogP contribution in [0.25, 0.3) is 0 Å². The molecular formula is C20H33N2O2+. The lowest BCUT2D eigenvalue weighted by atomic mass is 9.95. The van der Waals surface area contributed by atoms with E-state index in [2.05, 4.69) is 31.3 Å². The van der Waals surface area contributed by atoms with Crippen molar-refractivity contribution >= 4 is 5.91 Å². The van der Waals surface area contributed by atoms with Crippen LogP contribution in [-0.2, 0) is 11.3 Å². The molecule has 4 heteroatoms. The van der Waals surface area contributed by atoms with Gasteiger partial charge in [0.2, 0.25) is 5.91 Å². The molecule has 1 aromatic rings. The molecule has 1 saturated heterocycles. The van der Waals surface area contributed by atoms with Gasteiger partial charge in [-0.05, 0) is 31.4 Å². The number of hydrogen-bond donors (Lipinski definition) is 2. The van der Waals surface area contributed by atoms with E-state index in [1.54, 1.807) is 4.90 Å². The predicted octanol–water partition coefficient (Wildman–Crippen LogP) is 2.04. The summed E-state index contributed by atoms with van der Waals surface area (Å²) in [6.07, 6.45) is 3.03. The Morgan fingerprint density at radius 1 is 1.29 bits per heavy atom. The fourth-order valence-electron chi connectivity index (χ4n) is 3.31. The van der Waals surface area contributed by atoms with Gasteiger partial charge >= 0.3 is 0 Å². The summed E-state index contributed by atoms with van der Waals surface area (Å²) < 4.78 is 5.72. The van der Waals surface area contributed by atoms with Gasteiger partial charge in [0.1, 0.15) is 12.3 Å². The molecule has 2 rings (SSSR count). The maximum Gasteiger partial charge on any atom is 0.223 e. The Morgan fingerprint density at radius 2 is 2.00 bits per heavy atom. The van der Waals surface area contributed by atoms with Crippen molar-refractivity contribution in [2.45, 2.75) is 46.6 Å².